The summed E-state index contributed by atoms with van der Waals surface area (Å²) < 4.78 is 0. The molecule has 0 aromatic heterocycles. The van der Waals surface area contributed by atoms with Gasteiger partial charge in [-0.05, 0) is 102 Å². The molecule has 0 atom stereocenters. The van der Waals surface area contributed by atoms with Gasteiger partial charge in [0.25, 0.3) is 0 Å². The van der Waals surface area contributed by atoms with Gasteiger partial charge in [0.1, 0.15) is 0 Å². The SMILES string of the molecule is CC(C)c1ccc2cc3cc4cc5ccccc5cc4cc3cc2c1.CC(C)c1ccccc1. The Hall–Kier alpha value is -3.64. The lowest BCUT2D eigenvalue weighted by Crippen LogP contribution is -1.87. The largest absolute Gasteiger partial charge is 0.0622 e. The fraction of sp³-hybridized carbons (Fsp3) is 0.176. The highest BCUT2D eigenvalue weighted by molar-refractivity contribution is 6.08. The average molecular weight is 441 g/mol. The van der Waals surface area contributed by atoms with E-state index in [1.54, 1.807) is 0 Å². The molecule has 168 valence electrons. The minimum Gasteiger partial charge on any atom is -0.0622 e. The van der Waals surface area contributed by atoms with E-state index in [0.29, 0.717) is 11.8 Å². The summed E-state index contributed by atoms with van der Waals surface area (Å²) in [5, 5.41) is 10.5. The first kappa shape index (κ1) is 22.2. The van der Waals surface area contributed by atoms with Crippen molar-refractivity contribution >= 4 is 43.1 Å². The van der Waals surface area contributed by atoms with Crippen LogP contribution < -0.4 is 0 Å². The Morgan fingerprint density at radius 3 is 1.15 bits per heavy atom. The van der Waals surface area contributed by atoms with Gasteiger partial charge in [0.15, 0.2) is 0 Å². The molecule has 0 amide bonds. The van der Waals surface area contributed by atoms with Crippen LogP contribution >= 0.6 is 0 Å². The summed E-state index contributed by atoms with van der Waals surface area (Å²) in [6.45, 7) is 8.91. The molecule has 0 aliphatic rings. The molecule has 0 N–H and O–H groups in total. The zero-order valence-electron chi connectivity index (χ0n) is 20.5. The van der Waals surface area contributed by atoms with Crippen molar-refractivity contribution in [1.82, 2.24) is 0 Å². The maximum absolute atomic E-state index is 2.34. The first-order valence-corrected chi connectivity index (χ1v) is 12.3. The summed E-state index contributed by atoms with van der Waals surface area (Å²) in [5.74, 6) is 1.22. The number of benzene rings is 6. The lowest BCUT2D eigenvalue weighted by molar-refractivity contribution is 0.867. The van der Waals surface area contributed by atoms with Crippen molar-refractivity contribution in [3.8, 4) is 0 Å². The number of hydrogen-bond acceptors (Lipinski definition) is 0. The second kappa shape index (κ2) is 9.31. The van der Waals surface area contributed by atoms with E-state index in [2.05, 4.69) is 131 Å². The number of rotatable bonds is 2. The van der Waals surface area contributed by atoms with E-state index in [9.17, 15) is 0 Å². The quantitative estimate of drug-likeness (QED) is 0.235. The Balaban J connectivity index is 0.000000227. The van der Waals surface area contributed by atoms with Gasteiger partial charge in [-0.25, -0.2) is 0 Å². The summed E-state index contributed by atoms with van der Waals surface area (Å²) >= 11 is 0. The molecule has 0 spiro atoms. The minimum absolute atomic E-state index is 0.558. The van der Waals surface area contributed by atoms with Crippen molar-refractivity contribution in [1.29, 1.82) is 0 Å². The van der Waals surface area contributed by atoms with Crippen molar-refractivity contribution in [2.75, 3.05) is 0 Å². The fourth-order valence-corrected chi connectivity index (χ4v) is 4.66. The second-order valence-electron chi connectivity index (χ2n) is 9.92. The molecule has 0 fully saturated rings. The van der Waals surface area contributed by atoms with Crippen LogP contribution in [0.1, 0.15) is 50.7 Å². The summed E-state index contributed by atoms with van der Waals surface area (Å²) in [7, 11) is 0. The first-order chi connectivity index (χ1) is 16.5. The first-order valence-electron chi connectivity index (χ1n) is 12.3. The molecule has 0 unspecified atom stereocenters. The Kier molecular flexibility index (Phi) is 6.07. The molecule has 6 aromatic rings. The standard InChI is InChI=1S/C25H20.C9H12/c1-16(2)17-7-8-20-12-24-14-22-10-18-5-3-4-6-19(18)11-23(22)15-25(24)13-21(20)9-17;1-8(2)9-6-4-3-5-7-9/h3-16H,1-2H3;3-8H,1-2H3. The van der Waals surface area contributed by atoms with Gasteiger partial charge in [0.05, 0.1) is 0 Å². The summed E-state index contributed by atoms with van der Waals surface area (Å²) in [4.78, 5) is 0. The molecule has 0 saturated carbocycles. The summed E-state index contributed by atoms with van der Waals surface area (Å²) in [5.41, 5.74) is 2.82. The van der Waals surface area contributed by atoms with Crippen LogP contribution in [0.3, 0.4) is 0 Å². The molecule has 0 aliphatic heterocycles. The maximum atomic E-state index is 2.34. The van der Waals surface area contributed by atoms with Crippen molar-refractivity contribution in [3.63, 3.8) is 0 Å². The fourth-order valence-electron chi connectivity index (χ4n) is 4.66. The molecule has 0 aliphatic carbocycles. The molecule has 0 heterocycles. The van der Waals surface area contributed by atoms with E-state index < -0.39 is 0 Å². The highest BCUT2D eigenvalue weighted by Crippen LogP contribution is 2.31. The topological polar surface area (TPSA) is 0 Å². The van der Waals surface area contributed by atoms with Gasteiger partial charge in [-0.15, -0.1) is 0 Å². The van der Waals surface area contributed by atoms with Gasteiger partial charge in [0.2, 0.25) is 0 Å². The lowest BCUT2D eigenvalue weighted by atomic mass is 9.95. The third kappa shape index (κ3) is 4.54. The van der Waals surface area contributed by atoms with Gasteiger partial charge < -0.3 is 0 Å². The Bertz CT molecular complexity index is 1590. The zero-order valence-corrected chi connectivity index (χ0v) is 20.5. The third-order valence-corrected chi connectivity index (χ3v) is 6.77. The van der Waals surface area contributed by atoms with Gasteiger partial charge >= 0.3 is 0 Å². The van der Waals surface area contributed by atoms with Crippen molar-refractivity contribution in [2.45, 2.75) is 39.5 Å². The molecular weight excluding hydrogens is 408 g/mol. The Morgan fingerprint density at radius 2 is 0.706 bits per heavy atom. The van der Waals surface area contributed by atoms with Crippen LogP contribution in [0.4, 0.5) is 0 Å². The molecule has 0 radical (unpaired) electrons. The van der Waals surface area contributed by atoms with Gasteiger partial charge in [-0.3, -0.25) is 0 Å². The van der Waals surface area contributed by atoms with Crippen molar-refractivity contribution in [3.05, 3.63) is 120 Å². The van der Waals surface area contributed by atoms with Gasteiger partial charge in [-0.1, -0.05) is 100 Å². The van der Waals surface area contributed by atoms with Crippen LogP contribution in [0.15, 0.2) is 109 Å². The smallest absolute Gasteiger partial charge is 0.0171 e. The molecule has 0 heteroatoms. The number of fused-ring (bicyclic) bond motifs is 4. The predicted molar refractivity (Wildman–Crippen MR) is 151 cm³/mol. The third-order valence-electron chi connectivity index (χ3n) is 6.77. The van der Waals surface area contributed by atoms with Crippen molar-refractivity contribution in [2.24, 2.45) is 0 Å². The van der Waals surface area contributed by atoms with E-state index in [-0.39, 0.29) is 0 Å². The van der Waals surface area contributed by atoms with E-state index in [0.717, 1.165) is 0 Å². The second-order valence-corrected chi connectivity index (χ2v) is 9.92. The highest BCUT2D eigenvalue weighted by atomic mass is 14.1. The maximum Gasteiger partial charge on any atom is -0.0171 e. The monoisotopic (exact) mass is 440 g/mol. The molecule has 0 saturated heterocycles. The predicted octanol–water partition coefficient (Wildman–Crippen LogP) is 10.2. The molecule has 6 aromatic carbocycles. The van der Waals surface area contributed by atoms with E-state index in [1.807, 2.05) is 6.07 Å². The molecule has 0 nitrogen and oxygen atoms in total. The van der Waals surface area contributed by atoms with Crippen LogP contribution in [0.2, 0.25) is 0 Å². The molecule has 0 bridgehead atoms. The van der Waals surface area contributed by atoms with E-state index >= 15 is 0 Å². The Labute approximate surface area is 202 Å². The Morgan fingerprint density at radius 1 is 0.324 bits per heavy atom. The molecule has 34 heavy (non-hydrogen) atoms. The van der Waals surface area contributed by atoms with E-state index in [1.165, 1.54) is 54.2 Å². The highest BCUT2D eigenvalue weighted by Gasteiger charge is 2.05. The zero-order chi connectivity index (χ0) is 23.7. The van der Waals surface area contributed by atoms with Crippen LogP contribution in [0.5, 0.6) is 0 Å². The van der Waals surface area contributed by atoms with Gasteiger partial charge in [0, 0.05) is 0 Å². The molecule has 6 rings (SSSR count). The van der Waals surface area contributed by atoms with Crippen LogP contribution in [-0.2, 0) is 0 Å². The number of hydrogen-bond donors (Lipinski definition) is 0. The average Bonchev–Trinajstić information content (AvgIpc) is 2.85. The minimum atomic E-state index is 0.558. The summed E-state index contributed by atoms with van der Waals surface area (Å²) in [6.07, 6.45) is 0. The van der Waals surface area contributed by atoms with Crippen LogP contribution in [-0.4, -0.2) is 0 Å². The van der Waals surface area contributed by atoms with Gasteiger partial charge in [-0.2, -0.15) is 0 Å². The van der Waals surface area contributed by atoms with Crippen LogP contribution in [0, 0.1) is 0 Å². The lowest BCUT2D eigenvalue weighted by Gasteiger charge is -2.10. The molecular formula is C34H32. The normalized spacial score (nSPS) is 11.5. The summed E-state index contributed by atoms with van der Waals surface area (Å²) in [6, 6.07) is 39.9. The van der Waals surface area contributed by atoms with E-state index in [4.69, 9.17) is 0 Å². The van der Waals surface area contributed by atoms with Crippen LogP contribution in [0.25, 0.3) is 43.1 Å². The van der Waals surface area contributed by atoms with Crippen molar-refractivity contribution < 1.29 is 0 Å².